The van der Waals surface area contributed by atoms with Gasteiger partial charge in [0.2, 0.25) is 0 Å². The summed E-state index contributed by atoms with van der Waals surface area (Å²) in [5, 5.41) is 9.60. The van der Waals surface area contributed by atoms with Gasteiger partial charge in [0.25, 0.3) is 5.91 Å². The van der Waals surface area contributed by atoms with Gasteiger partial charge in [-0.3, -0.25) is 9.69 Å². The molecule has 3 rings (SSSR count). The average molecular weight is 425 g/mol. The van der Waals surface area contributed by atoms with E-state index < -0.39 is 5.97 Å². The van der Waals surface area contributed by atoms with Crippen molar-refractivity contribution in [2.45, 2.75) is 20.8 Å². The van der Waals surface area contributed by atoms with E-state index in [-0.39, 0.29) is 11.5 Å². The number of para-hydroxylation sites is 1. The van der Waals surface area contributed by atoms with Gasteiger partial charge >= 0.3 is 5.97 Å². The van der Waals surface area contributed by atoms with Crippen molar-refractivity contribution >= 4 is 40.6 Å². The number of nitrogens with zero attached hydrogens (tertiary/aromatic N) is 2. The zero-order valence-corrected chi connectivity index (χ0v) is 18.0. The number of carboxylic acid groups (broad SMARTS) is 1. The molecule has 1 fully saturated rings. The van der Waals surface area contributed by atoms with Gasteiger partial charge in [-0.05, 0) is 61.0 Å². The predicted octanol–water partition coefficient (Wildman–Crippen LogP) is 5.04. The van der Waals surface area contributed by atoms with Crippen LogP contribution >= 0.6 is 11.8 Å². The lowest BCUT2D eigenvalue weighted by molar-refractivity contribution is -0.122. The average Bonchev–Trinajstić information content (AvgIpc) is 3.01. The maximum atomic E-state index is 12.9. The van der Waals surface area contributed by atoms with Crippen molar-refractivity contribution in [3.8, 4) is 5.75 Å². The SMILES string of the molecule is CCN1C(=O)/C(=C\c2ccccc2OCC(C)C)SC1=Nc1ccc(C(=O)O)cc1. The van der Waals surface area contributed by atoms with E-state index >= 15 is 0 Å². The van der Waals surface area contributed by atoms with E-state index in [2.05, 4.69) is 18.8 Å². The third-order valence-corrected chi connectivity index (χ3v) is 5.33. The highest BCUT2D eigenvalue weighted by Crippen LogP contribution is 2.35. The molecule has 0 atom stereocenters. The lowest BCUT2D eigenvalue weighted by Gasteiger charge is -2.12. The minimum absolute atomic E-state index is 0.109. The minimum atomic E-state index is -0.988. The molecule has 1 aliphatic heterocycles. The van der Waals surface area contributed by atoms with E-state index in [9.17, 15) is 9.59 Å². The molecule has 2 aromatic rings. The molecule has 0 radical (unpaired) electrons. The van der Waals surface area contributed by atoms with Crippen molar-refractivity contribution in [1.29, 1.82) is 0 Å². The van der Waals surface area contributed by atoms with Crippen molar-refractivity contribution in [3.05, 3.63) is 64.6 Å². The van der Waals surface area contributed by atoms with Crippen molar-refractivity contribution in [3.63, 3.8) is 0 Å². The number of carboxylic acids is 1. The molecule has 30 heavy (non-hydrogen) atoms. The lowest BCUT2D eigenvalue weighted by atomic mass is 10.1. The van der Waals surface area contributed by atoms with E-state index in [1.165, 1.54) is 23.9 Å². The van der Waals surface area contributed by atoms with Gasteiger partial charge < -0.3 is 9.84 Å². The molecule has 6 nitrogen and oxygen atoms in total. The number of rotatable bonds is 7. The second-order valence-corrected chi connectivity index (χ2v) is 8.16. The number of hydrogen-bond donors (Lipinski definition) is 1. The fourth-order valence-corrected chi connectivity index (χ4v) is 3.84. The number of carbonyl (C=O) groups is 2. The summed E-state index contributed by atoms with van der Waals surface area (Å²) in [6.45, 7) is 7.15. The number of likely N-dealkylation sites (N-methyl/N-ethyl adjacent to an activating group) is 1. The number of carbonyl (C=O) groups excluding carboxylic acids is 1. The largest absolute Gasteiger partial charge is 0.493 e. The Bertz CT molecular complexity index is 997. The molecular formula is C23H24N2O4S. The topological polar surface area (TPSA) is 79.2 Å². The van der Waals surface area contributed by atoms with Gasteiger partial charge in [-0.1, -0.05) is 32.0 Å². The smallest absolute Gasteiger partial charge is 0.335 e. The summed E-state index contributed by atoms with van der Waals surface area (Å²) >= 11 is 1.30. The van der Waals surface area contributed by atoms with Crippen molar-refractivity contribution in [1.82, 2.24) is 4.90 Å². The maximum Gasteiger partial charge on any atom is 0.335 e. The number of aliphatic imine (C=N–C) groups is 1. The Morgan fingerprint density at radius 2 is 1.90 bits per heavy atom. The van der Waals surface area contributed by atoms with E-state index in [0.29, 0.717) is 34.8 Å². The van der Waals surface area contributed by atoms with Crippen LogP contribution in [0.1, 0.15) is 36.7 Å². The number of thioether (sulfide) groups is 1. The predicted molar refractivity (Wildman–Crippen MR) is 120 cm³/mol. The monoisotopic (exact) mass is 424 g/mol. The molecule has 1 aliphatic rings. The van der Waals surface area contributed by atoms with E-state index in [1.54, 1.807) is 17.0 Å². The number of amidine groups is 1. The number of benzene rings is 2. The van der Waals surface area contributed by atoms with Gasteiger partial charge in [0.15, 0.2) is 5.17 Å². The van der Waals surface area contributed by atoms with Crippen molar-refractivity contribution in [2.24, 2.45) is 10.9 Å². The molecule has 0 spiro atoms. The molecule has 156 valence electrons. The Kier molecular flexibility index (Phi) is 6.95. The molecule has 0 aromatic heterocycles. The Labute approximate surface area is 180 Å². The van der Waals surface area contributed by atoms with Gasteiger partial charge in [0.1, 0.15) is 5.75 Å². The number of ether oxygens (including phenoxy) is 1. The summed E-state index contributed by atoms with van der Waals surface area (Å²) in [7, 11) is 0. The standard InChI is InChI=1S/C23H24N2O4S/c1-4-25-21(26)20(13-17-7-5-6-8-19(17)29-14-15(2)3)30-23(25)24-18-11-9-16(10-12-18)22(27)28/h5-13,15H,4,14H2,1-3H3,(H,27,28)/b20-13+,24-23?. The first-order valence-electron chi connectivity index (χ1n) is 9.74. The van der Waals surface area contributed by atoms with Crippen LogP contribution in [0, 0.1) is 5.92 Å². The first kappa shape index (κ1) is 21.6. The Morgan fingerprint density at radius 3 is 2.53 bits per heavy atom. The van der Waals surface area contributed by atoms with Crippen molar-refractivity contribution in [2.75, 3.05) is 13.2 Å². The molecule has 0 unspecified atom stereocenters. The van der Waals surface area contributed by atoms with Crippen LogP contribution in [0.25, 0.3) is 6.08 Å². The van der Waals surface area contributed by atoms with E-state index in [4.69, 9.17) is 9.84 Å². The van der Waals surface area contributed by atoms with Crippen LogP contribution < -0.4 is 4.74 Å². The van der Waals surface area contributed by atoms with Gasteiger partial charge in [-0.2, -0.15) is 0 Å². The number of hydrogen-bond acceptors (Lipinski definition) is 5. The van der Waals surface area contributed by atoms with E-state index in [1.807, 2.05) is 37.3 Å². The van der Waals surface area contributed by atoms with Gasteiger partial charge in [-0.25, -0.2) is 9.79 Å². The normalized spacial score (nSPS) is 16.7. The summed E-state index contributed by atoms with van der Waals surface area (Å²) in [6.07, 6.45) is 1.83. The molecule has 1 saturated heterocycles. The molecule has 1 amide bonds. The van der Waals surface area contributed by atoms with Crippen LogP contribution in [-0.2, 0) is 4.79 Å². The van der Waals surface area contributed by atoms with Crippen LogP contribution in [0.4, 0.5) is 5.69 Å². The number of aromatic carboxylic acids is 1. The van der Waals surface area contributed by atoms with Crippen LogP contribution in [0.2, 0.25) is 0 Å². The summed E-state index contributed by atoms with van der Waals surface area (Å²) in [4.78, 5) is 30.6. The quantitative estimate of drug-likeness (QED) is 0.630. The second kappa shape index (κ2) is 9.63. The summed E-state index contributed by atoms with van der Waals surface area (Å²) in [6, 6.07) is 13.9. The molecule has 2 aromatic carbocycles. The van der Waals surface area contributed by atoms with E-state index in [0.717, 1.165) is 11.3 Å². The number of amides is 1. The van der Waals surface area contributed by atoms with Gasteiger partial charge in [-0.15, -0.1) is 0 Å². The zero-order valence-electron chi connectivity index (χ0n) is 17.2. The lowest BCUT2D eigenvalue weighted by Crippen LogP contribution is -2.28. The maximum absolute atomic E-state index is 12.9. The van der Waals surface area contributed by atoms with Crippen LogP contribution in [0.15, 0.2) is 58.4 Å². The second-order valence-electron chi connectivity index (χ2n) is 7.15. The van der Waals surface area contributed by atoms with Crippen LogP contribution in [-0.4, -0.2) is 40.2 Å². The molecule has 1 N–H and O–H groups in total. The third kappa shape index (κ3) is 5.10. The Balaban J connectivity index is 1.88. The first-order chi connectivity index (χ1) is 14.4. The third-order valence-electron chi connectivity index (χ3n) is 4.32. The molecule has 1 heterocycles. The molecule has 0 bridgehead atoms. The zero-order chi connectivity index (χ0) is 21.7. The van der Waals surface area contributed by atoms with Crippen LogP contribution in [0.5, 0.6) is 5.75 Å². The van der Waals surface area contributed by atoms with Gasteiger partial charge in [0, 0.05) is 12.1 Å². The van der Waals surface area contributed by atoms with Crippen LogP contribution in [0.3, 0.4) is 0 Å². The highest BCUT2D eigenvalue weighted by molar-refractivity contribution is 8.18. The fourth-order valence-electron chi connectivity index (χ4n) is 2.79. The Hall–Kier alpha value is -3.06. The van der Waals surface area contributed by atoms with Gasteiger partial charge in [0.05, 0.1) is 22.8 Å². The summed E-state index contributed by atoms with van der Waals surface area (Å²) in [5.74, 6) is 0.0419. The minimum Gasteiger partial charge on any atom is -0.493 e. The summed E-state index contributed by atoms with van der Waals surface area (Å²) < 4.78 is 5.89. The van der Waals surface area contributed by atoms with Crippen molar-refractivity contribution < 1.29 is 19.4 Å². The molecule has 0 aliphatic carbocycles. The molecule has 0 saturated carbocycles. The highest BCUT2D eigenvalue weighted by Gasteiger charge is 2.32. The molecular weight excluding hydrogens is 400 g/mol. The summed E-state index contributed by atoms with van der Waals surface area (Å²) in [5.41, 5.74) is 1.63. The Morgan fingerprint density at radius 1 is 1.20 bits per heavy atom. The highest BCUT2D eigenvalue weighted by atomic mass is 32.2. The fraction of sp³-hybridized carbons (Fsp3) is 0.261. The molecule has 7 heteroatoms. The first-order valence-corrected chi connectivity index (χ1v) is 10.6.